The van der Waals surface area contributed by atoms with Crippen LogP contribution >= 0.6 is 0 Å². The van der Waals surface area contributed by atoms with E-state index in [0.29, 0.717) is 0 Å². The molecule has 0 saturated carbocycles. The van der Waals surface area contributed by atoms with Crippen molar-refractivity contribution >= 4 is 0 Å². The van der Waals surface area contributed by atoms with E-state index in [1.165, 1.54) is 11.1 Å². The summed E-state index contributed by atoms with van der Waals surface area (Å²) in [6.07, 6.45) is 0. The van der Waals surface area contributed by atoms with Crippen molar-refractivity contribution in [3.63, 3.8) is 0 Å². The first-order valence-electron chi connectivity index (χ1n) is 6.03. The van der Waals surface area contributed by atoms with Gasteiger partial charge in [-0.1, -0.05) is 43.7 Å². The molecule has 0 amide bonds. The van der Waals surface area contributed by atoms with E-state index in [4.69, 9.17) is 0 Å². The SMILES string of the molecule is Cc1cccc(C(C)(C)CNC(C)(C)C)c1. The van der Waals surface area contributed by atoms with E-state index in [9.17, 15) is 0 Å². The van der Waals surface area contributed by atoms with Crippen molar-refractivity contribution in [3.8, 4) is 0 Å². The maximum atomic E-state index is 3.58. The summed E-state index contributed by atoms with van der Waals surface area (Å²) >= 11 is 0. The summed E-state index contributed by atoms with van der Waals surface area (Å²) in [5.41, 5.74) is 3.10. The van der Waals surface area contributed by atoms with Crippen LogP contribution in [0.25, 0.3) is 0 Å². The topological polar surface area (TPSA) is 12.0 Å². The third-order valence-electron chi connectivity index (χ3n) is 2.86. The molecule has 0 saturated heterocycles. The van der Waals surface area contributed by atoms with Gasteiger partial charge in [-0.3, -0.25) is 0 Å². The molecule has 0 fully saturated rings. The third kappa shape index (κ3) is 3.97. The average Bonchev–Trinajstić information content (AvgIpc) is 2.14. The van der Waals surface area contributed by atoms with Crippen molar-refractivity contribution in [1.82, 2.24) is 5.32 Å². The zero-order valence-electron chi connectivity index (χ0n) is 11.5. The number of hydrogen-bond acceptors (Lipinski definition) is 1. The zero-order valence-corrected chi connectivity index (χ0v) is 11.5. The monoisotopic (exact) mass is 219 g/mol. The van der Waals surface area contributed by atoms with Gasteiger partial charge in [0.15, 0.2) is 0 Å². The highest BCUT2D eigenvalue weighted by atomic mass is 15.0. The number of rotatable bonds is 3. The second-order valence-electron chi connectivity index (χ2n) is 6.36. The Morgan fingerprint density at radius 3 is 2.19 bits per heavy atom. The Balaban J connectivity index is 2.77. The van der Waals surface area contributed by atoms with Gasteiger partial charge in [0, 0.05) is 17.5 Å². The molecule has 1 heteroatoms. The predicted octanol–water partition coefficient (Wildman–Crippen LogP) is 3.66. The van der Waals surface area contributed by atoms with Gasteiger partial charge in [0.05, 0.1) is 0 Å². The van der Waals surface area contributed by atoms with E-state index in [2.05, 4.69) is 71.1 Å². The van der Waals surface area contributed by atoms with Crippen LogP contribution in [0, 0.1) is 6.92 Å². The van der Waals surface area contributed by atoms with Crippen molar-refractivity contribution < 1.29 is 0 Å². The Hall–Kier alpha value is -0.820. The summed E-state index contributed by atoms with van der Waals surface area (Å²) in [7, 11) is 0. The van der Waals surface area contributed by atoms with Crippen molar-refractivity contribution in [2.24, 2.45) is 0 Å². The summed E-state index contributed by atoms with van der Waals surface area (Å²) < 4.78 is 0. The van der Waals surface area contributed by atoms with Gasteiger partial charge >= 0.3 is 0 Å². The third-order valence-corrected chi connectivity index (χ3v) is 2.86. The second kappa shape index (κ2) is 4.58. The summed E-state index contributed by atoms with van der Waals surface area (Å²) in [5, 5.41) is 3.58. The number of benzene rings is 1. The molecule has 0 atom stereocenters. The molecule has 1 aromatic rings. The number of nitrogens with one attached hydrogen (secondary N) is 1. The van der Waals surface area contributed by atoms with Crippen molar-refractivity contribution in [1.29, 1.82) is 0 Å². The van der Waals surface area contributed by atoms with Crippen LogP contribution in [0.4, 0.5) is 0 Å². The van der Waals surface area contributed by atoms with E-state index >= 15 is 0 Å². The highest BCUT2D eigenvalue weighted by molar-refractivity contribution is 5.28. The van der Waals surface area contributed by atoms with Gasteiger partial charge in [-0.2, -0.15) is 0 Å². The minimum Gasteiger partial charge on any atom is -0.311 e. The highest BCUT2D eigenvalue weighted by Crippen LogP contribution is 2.23. The Labute approximate surface area is 100 Å². The van der Waals surface area contributed by atoms with Gasteiger partial charge in [-0.05, 0) is 33.3 Å². The lowest BCUT2D eigenvalue weighted by molar-refractivity contribution is 0.363. The van der Waals surface area contributed by atoms with Gasteiger partial charge in [0.1, 0.15) is 0 Å². The molecule has 0 spiro atoms. The minimum atomic E-state index is 0.180. The largest absolute Gasteiger partial charge is 0.311 e. The van der Waals surface area contributed by atoms with Crippen LogP contribution in [0.3, 0.4) is 0 Å². The Kier molecular flexibility index (Phi) is 3.80. The average molecular weight is 219 g/mol. The maximum Gasteiger partial charge on any atom is 0.00968 e. The molecule has 0 aromatic heterocycles. The maximum absolute atomic E-state index is 3.58. The molecule has 0 aliphatic rings. The van der Waals surface area contributed by atoms with Gasteiger partial charge in [-0.25, -0.2) is 0 Å². The van der Waals surface area contributed by atoms with Crippen LogP contribution in [0.15, 0.2) is 24.3 Å². The highest BCUT2D eigenvalue weighted by Gasteiger charge is 2.22. The molecule has 0 aliphatic carbocycles. The molecule has 0 bridgehead atoms. The lowest BCUT2D eigenvalue weighted by Gasteiger charge is -2.31. The Morgan fingerprint density at radius 1 is 1.06 bits per heavy atom. The van der Waals surface area contributed by atoms with E-state index in [1.807, 2.05) is 0 Å². The first-order chi connectivity index (χ1) is 7.21. The molecule has 0 heterocycles. The van der Waals surface area contributed by atoms with Crippen LogP contribution < -0.4 is 5.32 Å². The van der Waals surface area contributed by atoms with Crippen molar-refractivity contribution in [2.45, 2.75) is 52.5 Å². The Bertz CT molecular complexity index is 345. The van der Waals surface area contributed by atoms with Crippen LogP contribution in [0.2, 0.25) is 0 Å². The molecule has 0 radical (unpaired) electrons. The van der Waals surface area contributed by atoms with E-state index in [1.54, 1.807) is 0 Å². The van der Waals surface area contributed by atoms with Crippen molar-refractivity contribution in [3.05, 3.63) is 35.4 Å². The minimum absolute atomic E-state index is 0.180. The predicted molar refractivity (Wildman–Crippen MR) is 72.0 cm³/mol. The van der Waals surface area contributed by atoms with E-state index in [-0.39, 0.29) is 11.0 Å². The van der Waals surface area contributed by atoms with Crippen LogP contribution in [-0.2, 0) is 5.41 Å². The van der Waals surface area contributed by atoms with Crippen molar-refractivity contribution in [2.75, 3.05) is 6.54 Å². The molecular weight excluding hydrogens is 194 g/mol. The lowest BCUT2D eigenvalue weighted by Crippen LogP contribution is -2.43. The summed E-state index contributed by atoms with van der Waals surface area (Å²) in [4.78, 5) is 0. The fraction of sp³-hybridized carbons (Fsp3) is 0.600. The van der Waals surface area contributed by atoms with Gasteiger partial charge in [0.2, 0.25) is 0 Å². The van der Waals surface area contributed by atoms with Gasteiger partial charge in [0.25, 0.3) is 0 Å². The van der Waals surface area contributed by atoms with Crippen LogP contribution in [-0.4, -0.2) is 12.1 Å². The fourth-order valence-electron chi connectivity index (χ4n) is 1.65. The number of aryl methyl sites for hydroxylation is 1. The van der Waals surface area contributed by atoms with Crippen LogP contribution in [0.1, 0.15) is 45.7 Å². The smallest absolute Gasteiger partial charge is 0.00968 e. The molecule has 16 heavy (non-hydrogen) atoms. The van der Waals surface area contributed by atoms with Gasteiger partial charge < -0.3 is 5.32 Å². The molecule has 0 unspecified atom stereocenters. The number of hydrogen-bond donors (Lipinski definition) is 1. The molecule has 1 nitrogen and oxygen atoms in total. The molecule has 1 rings (SSSR count). The van der Waals surface area contributed by atoms with E-state index < -0.39 is 0 Å². The molecule has 1 aromatic carbocycles. The molecule has 90 valence electrons. The molecule has 1 N–H and O–H groups in total. The first kappa shape index (κ1) is 13.2. The quantitative estimate of drug-likeness (QED) is 0.818. The normalized spacial score (nSPS) is 12.9. The zero-order chi connectivity index (χ0) is 12.4. The van der Waals surface area contributed by atoms with Gasteiger partial charge in [-0.15, -0.1) is 0 Å². The second-order valence-corrected chi connectivity index (χ2v) is 6.36. The first-order valence-corrected chi connectivity index (χ1v) is 6.03. The summed E-state index contributed by atoms with van der Waals surface area (Å²) in [5.74, 6) is 0. The molecular formula is C15H25N. The standard InChI is InChI=1S/C15H25N/c1-12-8-7-9-13(10-12)15(5,6)11-16-14(2,3)4/h7-10,16H,11H2,1-6H3. The Morgan fingerprint density at radius 2 is 1.69 bits per heavy atom. The molecule has 0 aliphatic heterocycles. The fourth-order valence-corrected chi connectivity index (χ4v) is 1.65. The van der Waals surface area contributed by atoms with Crippen LogP contribution in [0.5, 0.6) is 0 Å². The summed E-state index contributed by atoms with van der Waals surface area (Å²) in [6.45, 7) is 14.4. The summed E-state index contributed by atoms with van der Waals surface area (Å²) in [6, 6.07) is 8.79. The lowest BCUT2D eigenvalue weighted by atomic mass is 9.83. The van der Waals surface area contributed by atoms with E-state index in [0.717, 1.165) is 6.54 Å².